The van der Waals surface area contributed by atoms with Gasteiger partial charge in [-0.1, -0.05) is 0 Å². The summed E-state index contributed by atoms with van der Waals surface area (Å²) in [6.07, 6.45) is 9.78. The van der Waals surface area contributed by atoms with Crippen molar-refractivity contribution in [2.45, 2.75) is 79.5 Å². The van der Waals surface area contributed by atoms with Gasteiger partial charge in [0.1, 0.15) is 0 Å². The van der Waals surface area contributed by atoms with Crippen LogP contribution in [0.15, 0.2) is 18.3 Å². The second-order valence-electron chi connectivity index (χ2n) is 6.70. The Morgan fingerprint density at radius 2 is 1.57 bits per heavy atom. The molecule has 0 saturated carbocycles. The Morgan fingerprint density at radius 3 is 2.00 bits per heavy atom. The van der Waals surface area contributed by atoms with Gasteiger partial charge >= 0.3 is 147 Å². The van der Waals surface area contributed by atoms with Crippen LogP contribution in [0, 0.1) is 0 Å². The first-order valence-electron chi connectivity index (χ1n) is 9.32. The number of rotatable bonds is 11. The van der Waals surface area contributed by atoms with E-state index in [2.05, 4.69) is 43.2 Å². The molecule has 130 valence electrons. The van der Waals surface area contributed by atoms with E-state index < -0.39 is 18.4 Å². The van der Waals surface area contributed by atoms with Gasteiger partial charge in [0.15, 0.2) is 0 Å². The van der Waals surface area contributed by atoms with Crippen molar-refractivity contribution in [1.82, 2.24) is 4.98 Å². The van der Waals surface area contributed by atoms with Gasteiger partial charge in [0, 0.05) is 0 Å². The second-order valence-corrected chi connectivity index (χ2v) is 19.9. The third-order valence-electron chi connectivity index (χ3n) is 4.70. The summed E-state index contributed by atoms with van der Waals surface area (Å²) in [5, 5.41) is 2.87. The number of aromatic nitrogens is 1. The first-order chi connectivity index (χ1) is 11.1. The van der Waals surface area contributed by atoms with Crippen LogP contribution in [0.1, 0.15) is 66.2 Å². The molecule has 0 radical (unpaired) electrons. The van der Waals surface area contributed by atoms with Gasteiger partial charge in [0.05, 0.1) is 0 Å². The Labute approximate surface area is 146 Å². The van der Waals surface area contributed by atoms with Gasteiger partial charge < -0.3 is 0 Å². The molecule has 0 saturated heterocycles. The molecule has 0 unspecified atom stereocenters. The fraction of sp³-hybridized carbons (Fsp3) is 0.684. The molecular weight excluding hydrogens is 391 g/mol. The Hall–Kier alpha value is -0.581. The number of nitrogens with one attached hydrogen (secondary N) is 1. The van der Waals surface area contributed by atoms with Crippen molar-refractivity contribution in [3.63, 3.8) is 0 Å². The number of carbonyl (C=O) groups is 1. The SMILES string of the molecule is CCC[CH2][Sn]([CH2]CCC)([CH2]CCC)[c]1ccnc(NC(C)=O)c1. The third kappa shape index (κ3) is 6.82. The molecule has 1 amide bonds. The molecule has 0 bridgehead atoms. The van der Waals surface area contributed by atoms with E-state index in [9.17, 15) is 4.79 Å². The van der Waals surface area contributed by atoms with E-state index in [0.29, 0.717) is 0 Å². The van der Waals surface area contributed by atoms with Gasteiger partial charge in [-0.25, -0.2) is 0 Å². The average Bonchev–Trinajstić information content (AvgIpc) is 2.54. The normalized spacial score (nSPS) is 11.5. The maximum atomic E-state index is 11.4. The number of amides is 1. The van der Waals surface area contributed by atoms with Gasteiger partial charge in [-0.3, -0.25) is 0 Å². The first kappa shape index (κ1) is 20.5. The monoisotopic (exact) mass is 426 g/mol. The quantitative estimate of drug-likeness (QED) is 0.502. The van der Waals surface area contributed by atoms with Gasteiger partial charge in [-0.2, -0.15) is 0 Å². The molecule has 1 rings (SSSR count). The summed E-state index contributed by atoms with van der Waals surface area (Å²) in [5.41, 5.74) is 0. The van der Waals surface area contributed by atoms with Crippen molar-refractivity contribution in [2.75, 3.05) is 5.32 Å². The van der Waals surface area contributed by atoms with Crippen LogP contribution in [0.5, 0.6) is 0 Å². The average molecular weight is 425 g/mol. The number of pyridine rings is 1. The minimum absolute atomic E-state index is 0.0360. The molecule has 4 heteroatoms. The number of nitrogens with zero attached hydrogens (tertiary/aromatic N) is 1. The van der Waals surface area contributed by atoms with Crippen molar-refractivity contribution >= 4 is 33.7 Å². The number of hydrogen-bond acceptors (Lipinski definition) is 2. The van der Waals surface area contributed by atoms with Gasteiger partial charge in [-0.15, -0.1) is 0 Å². The summed E-state index contributed by atoms with van der Waals surface area (Å²) >= 11 is -2.40. The second kappa shape index (κ2) is 11.1. The topological polar surface area (TPSA) is 42.0 Å². The van der Waals surface area contributed by atoms with Crippen LogP contribution in [-0.4, -0.2) is 29.3 Å². The molecule has 3 nitrogen and oxygen atoms in total. The van der Waals surface area contributed by atoms with E-state index in [1.165, 1.54) is 51.8 Å². The molecule has 0 aliphatic rings. The van der Waals surface area contributed by atoms with E-state index in [1.807, 2.05) is 6.20 Å². The van der Waals surface area contributed by atoms with Crippen LogP contribution in [0.25, 0.3) is 0 Å². The maximum absolute atomic E-state index is 11.4. The van der Waals surface area contributed by atoms with Crippen molar-refractivity contribution in [2.24, 2.45) is 0 Å². The van der Waals surface area contributed by atoms with Gasteiger partial charge in [0.25, 0.3) is 0 Å². The standard InChI is InChI=1S/C7H7N2O.3C4H9.Sn/c1-6(10)9-7-4-2-3-5-8-7;3*1-3-4-2;/h3-5H,1H3,(H,8,9,10);3*1,3-4H2,2H3;. The summed E-state index contributed by atoms with van der Waals surface area (Å²) in [4.78, 5) is 15.7. The van der Waals surface area contributed by atoms with E-state index in [-0.39, 0.29) is 5.91 Å². The number of anilines is 1. The molecular formula is C19H34N2OSn. The summed E-state index contributed by atoms with van der Waals surface area (Å²) in [6.45, 7) is 8.44. The summed E-state index contributed by atoms with van der Waals surface area (Å²) in [5.74, 6) is 0.701. The Balaban J connectivity index is 3.14. The van der Waals surface area contributed by atoms with Crippen LogP contribution in [0.4, 0.5) is 5.82 Å². The predicted molar refractivity (Wildman–Crippen MR) is 103 cm³/mol. The van der Waals surface area contributed by atoms with Crippen LogP contribution in [0.2, 0.25) is 13.3 Å². The van der Waals surface area contributed by atoms with Crippen LogP contribution < -0.4 is 8.90 Å². The number of carbonyl (C=O) groups excluding carboxylic acids is 1. The van der Waals surface area contributed by atoms with Gasteiger partial charge in [-0.05, 0) is 0 Å². The minimum atomic E-state index is -2.40. The molecule has 1 heterocycles. The summed E-state index contributed by atoms with van der Waals surface area (Å²) in [6, 6.07) is 4.45. The number of unbranched alkanes of at least 4 members (excludes halogenated alkanes) is 3. The first-order valence-corrected chi connectivity index (χ1v) is 16.8. The van der Waals surface area contributed by atoms with E-state index >= 15 is 0 Å². The summed E-state index contributed by atoms with van der Waals surface area (Å²) in [7, 11) is 0. The van der Waals surface area contributed by atoms with E-state index in [0.717, 1.165) is 5.82 Å². The molecule has 1 aromatic heterocycles. The molecule has 0 aliphatic heterocycles. The van der Waals surface area contributed by atoms with Crippen LogP contribution in [0.3, 0.4) is 0 Å². The van der Waals surface area contributed by atoms with Crippen molar-refractivity contribution in [3.8, 4) is 0 Å². The van der Waals surface area contributed by atoms with E-state index in [4.69, 9.17) is 0 Å². The van der Waals surface area contributed by atoms with Crippen molar-refractivity contribution < 1.29 is 4.79 Å². The van der Waals surface area contributed by atoms with Crippen LogP contribution in [-0.2, 0) is 4.79 Å². The van der Waals surface area contributed by atoms with Crippen molar-refractivity contribution in [1.29, 1.82) is 0 Å². The molecule has 23 heavy (non-hydrogen) atoms. The molecule has 0 aromatic carbocycles. The van der Waals surface area contributed by atoms with Crippen LogP contribution >= 0.6 is 0 Å². The number of hydrogen-bond donors (Lipinski definition) is 1. The Kier molecular flexibility index (Phi) is 9.84. The van der Waals surface area contributed by atoms with Gasteiger partial charge in [0.2, 0.25) is 0 Å². The zero-order chi connectivity index (χ0) is 17.1. The molecule has 0 fully saturated rings. The molecule has 1 N–H and O–H groups in total. The fourth-order valence-electron chi connectivity index (χ4n) is 3.36. The fourth-order valence-corrected chi connectivity index (χ4v) is 19.3. The molecule has 0 aliphatic carbocycles. The predicted octanol–water partition coefficient (Wildman–Crippen LogP) is 5.10. The zero-order valence-electron chi connectivity index (χ0n) is 15.5. The molecule has 1 aromatic rings. The Bertz CT molecular complexity index is 454. The third-order valence-corrected chi connectivity index (χ3v) is 20.3. The van der Waals surface area contributed by atoms with Crippen molar-refractivity contribution in [3.05, 3.63) is 18.3 Å². The summed E-state index contributed by atoms with van der Waals surface area (Å²) < 4.78 is 5.88. The molecule has 0 spiro atoms. The zero-order valence-corrected chi connectivity index (χ0v) is 18.3. The Morgan fingerprint density at radius 1 is 1.04 bits per heavy atom. The van der Waals surface area contributed by atoms with E-state index in [1.54, 1.807) is 10.5 Å². The molecule has 0 atom stereocenters.